The summed E-state index contributed by atoms with van der Waals surface area (Å²) in [5.41, 5.74) is 0. The van der Waals surface area contributed by atoms with Crippen LogP contribution in [0.3, 0.4) is 0 Å². The summed E-state index contributed by atoms with van der Waals surface area (Å²) in [6.45, 7) is 5.82. The van der Waals surface area contributed by atoms with Crippen molar-refractivity contribution in [1.29, 1.82) is 0 Å². The van der Waals surface area contributed by atoms with E-state index in [4.69, 9.17) is 0 Å². The number of sulfone groups is 1. The molecule has 0 aromatic carbocycles. The van der Waals surface area contributed by atoms with Crippen LogP contribution >= 0.6 is 0 Å². The third kappa shape index (κ3) is 4.92. The second kappa shape index (κ2) is 8.47. The number of carbonyl (C=O) groups excluding carboxylic acids is 1. The van der Waals surface area contributed by atoms with Gasteiger partial charge in [0.05, 0.1) is 5.75 Å². The predicted octanol–water partition coefficient (Wildman–Crippen LogP) is 1.97. The van der Waals surface area contributed by atoms with E-state index in [9.17, 15) is 13.2 Å². The fraction of sp³-hybridized carbons (Fsp3) is 0.941. The van der Waals surface area contributed by atoms with E-state index in [0.717, 1.165) is 19.0 Å². The average molecular weight is 345 g/mol. The maximum absolute atomic E-state index is 12.1. The number of nitrogens with one attached hydrogen (secondary N) is 1. The lowest BCUT2D eigenvalue weighted by Crippen LogP contribution is -2.50. The standard InChI is InChI=1S/C17H32N2O3S/c1-3-13-23(21,22)14(2)17(20)18-10-12-19-11-6-8-15-7-4-5-9-16(15)19/h14-16H,3-13H2,1-2H3,(H,18,20)/t14-,15-,16+/m1/s1. The van der Waals surface area contributed by atoms with Crippen LogP contribution in [0.5, 0.6) is 0 Å². The van der Waals surface area contributed by atoms with Crippen LogP contribution in [0.4, 0.5) is 0 Å². The molecule has 1 aliphatic carbocycles. The fourth-order valence-corrected chi connectivity index (χ4v) is 5.43. The van der Waals surface area contributed by atoms with Crippen molar-refractivity contribution in [3.8, 4) is 0 Å². The Morgan fingerprint density at radius 3 is 2.65 bits per heavy atom. The Balaban J connectivity index is 1.78. The van der Waals surface area contributed by atoms with Gasteiger partial charge < -0.3 is 5.32 Å². The summed E-state index contributed by atoms with van der Waals surface area (Å²) in [5, 5.41) is 1.89. The molecule has 1 N–H and O–H groups in total. The zero-order valence-corrected chi connectivity index (χ0v) is 15.4. The summed E-state index contributed by atoms with van der Waals surface area (Å²) in [7, 11) is -3.31. The van der Waals surface area contributed by atoms with E-state index in [1.54, 1.807) is 0 Å². The van der Waals surface area contributed by atoms with Gasteiger partial charge in [0, 0.05) is 19.1 Å². The second-order valence-electron chi connectivity index (χ2n) is 7.09. The molecule has 134 valence electrons. The minimum atomic E-state index is -3.31. The van der Waals surface area contributed by atoms with Crippen molar-refractivity contribution in [2.75, 3.05) is 25.4 Å². The third-order valence-corrected chi connectivity index (χ3v) is 7.72. The van der Waals surface area contributed by atoms with Gasteiger partial charge in [-0.1, -0.05) is 19.8 Å². The molecule has 3 atom stereocenters. The largest absolute Gasteiger partial charge is 0.354 e. The van der Waals surface area contributed by atoms with Crippen LogP contribution in [0.25, 0.3) is 0 Å². The van der Waals surface area contributed by atoms with Crippen LogP contribution < -0.4 is 5.32 Å². The van der Waals surface area contributed by atoms with Gasteiger partial charge in [-0.05, 0) is 51.5 Å². The van der Waals surface area contributed by atoms with E-state index in [1.807, 2.05) is 6.92 Å². The van der Waals surface area contributed by atoms with Crippen LogP contribution in [-0.2, 0) is 14.6 Å². The topological polar surface area (TPSA) is 66.5 Å². The lowest BCUT2D eigenvalue weighted by Gasteiger charge is -2.44. The van der Waals surface area contributed by atoms with Crippen molar-refractivity contribution in [3.63, 3.8) is 0 Å². The number of likely N-dealkylation sites (tertiary alicyclic amines) is 1. The normalized spacial score (nSPS) is 27.2. The Morgan fingerprint density at radius 2 is 1.91 bits per heavy atom. The summed E-state index contributed by atoms with van der Waals surface area (Å²) < 4.78 is 23.9. The van der Waals surface area contributed by atoms with Crippen molar-refractivity contribution in [2.45, 2.75) is 70.1 Å². The van der Waals surface area contributed by atoms with Gasteiger partial charge in [-0.15, -0.1) is 0 Å². The van der Waals surface area contributed by atoms with Gasteiger partial charge in [-0.3, -0.25) is 9.69 Å². The summed E-state index contributed by atoms with van der Waals surface area (Å²) >= 11 is 0. The molecule has 0 spiro atoms. The van der Waals surface area contributed by atoms with E-state index >= 15 is 0 Å². The van der Waals surface area contributed by atoms with Crippen LogP contribution in [0, 0.1) is 5.92 Å². The molecule has 0 radical (unpaired) electrons. The van der Waals surface area contributed by atoms with Crippen LogP contribution in [0.2, 0.25) is 0 Å². The molecule has 2 fully saturated rings. The maximum Gasteiger partial charge on any atom is 0.238 e. The number of hydrogen-bond acceptors (Lipinski definition) is 4. The lowest BCUT2D eigenvalue weighted by atomic mass is 9.78. The SMILES string of the molecule is CCCS(=O)(=O)[C@H](C)C(=O)NCCN1CCC[C@H]2CCCC[C@@H]21. The Bertz CT molecular complexity index is 490. The van der Waals surface area contributed by atoms with Gasteiger partial charge in [0.15, 0.2) is 9.84 Å². The highest BCUT2D eigenvalue weighted by molar-refractivity contribution is 7.92. The number of fused-ring (bicyclic) bond motifs is 1. The van der Waals surface area contributed by atoms with Gasteiger partial charge >= 0.3 is 0 Å². The van der Waals surface area contributed by atoms with Crippen LogP contribution in [-0.4, -0.2) is 55.9 Å². The highest BCUT2D eigenvalue weighted by Gasteiger charge is 2.33. The van der Waals surface area contributed by atoms with Gasteiger partial charge in [0.1, 0.15) is 5.25 Å². The van der Waals surface area contributed by atoms with Gasteiger partial charge in [-0.25, -0.2) is 8.42 Å². The first-order chi connectivity index (χ1) is 11.0. The molecule has 2 rings (SSSR count). The van der Waals surface area contributed by atoms with E-state index in [-0.39, 0.29) is 11.7 Å². The fourth-order valence-electron chi connectivity index (χ4n) is 4.10. The first-order valence-corrected chi connectivity index (χ1v) is 10.9. The van der Waals surface area contributed by atoms with Crippen molar-refractivity contribution in [3.05, 3.63) is 0 Å². The number of amides is 1. The molecule has 0 bridgehead atoms. The second-order valence-corrected chi connectivity index (χ2v) is 9.53. The van der Waals surface area contributed by atoms with Gasteiger partial charge in [-0.2, -0.15) is 0 Å². The Labute approximate surface area is 141 Å². The van der Waals surface area contributed by atoms with Crippen molar-refractivity contribution in [1.82, 2.24) is 10.2 Å². The minimum absolute atomic E-state index is 0.0808. The molecule has 0 aromatic heterocycles. The van der Waals surface area contributed by atoms with E-state index in [0.29, 0.717) is 19.0 Å². The first kappa shape index (κ1) is 18.7. The van der Waals surface area contributed by atoms with E-state index < -0.39 is 15.1 Å². The van der Waals surface area contributed by atoms with E-state index in [2.05, 4.69) is 10.2 Å². The van der Waals surface area contributed by atoms with Crippen LogP contribution in [0.1, 0.15) is 58.8 Å². The molecular weight excluding hydrogens is 312 g/mol. The monoisotopic (exact) mass is 344 g/mol. The Kier molecular flexibility index (Phi) is 6.89. The molecule has 1 amide bonds. The highest BCUT2D eigenvalue weighted by atomic mass is 32.2. The number of rotatable bonds is 7. The molecule has 1 saturated carbocycles. The summed E-state index contributed by atoms with van der Waals surface area (Å²) in [4.78, 5) is 14.6. The quantitative estimate of drug-likeness (QED) is 0.767. The number of piperidine rings is 1. The highest BCUT2D eigenvalue weighted by Crippen LogP contribution is 2.34. The molecule has 0 aromatic rings. The number of hydrogen-bond donors (Lipinski definition) is 1. The number of carbonyl (C=O) groups is 1. The molecule has 1 saturated heterocycles. The average Bonchev–Trinajstić information content (AvgIpc) is 2.54. The summed E-state index contributed by atoms with van der Waals surface area (Å²) in [6, 6.07) is 0.677. The Morgan fingerprint density at radius 1 is 1.22 bits per heavy atom. The Hall–Kier alpha value is -0.620. The van der Waals surface area contributed by atoms with Crippen LogP contribution in [0.15, 0.2) is 0 Å². The van der Waals surface area contributed by atoms with Crippen molar-refractivity contribution < 1.29 is 13.2 Å². The molecule has 1 heterocycles. The summed E-state index contributed by atoms with van der Waals surface area (Å²) in [6.07, 6.45) is 8.45. The molecular formula is C17H32N2O3S. The zero-order chi connectivity index (χ0) is 16.9. The number of nitrogens with zero attached hydrogens (tertiary/aromatic N) is 1. The molecule has 5 nitrogen and oxygen atoms in total. The smallest absolute Gasteiger partial charge is 0.238 e. The molecule has 1 aliphatic heterocycles. The molecule has 6 heteroatoms. The third-order valence-electron chi connectivity index (χ3n) is 5.45. The first-order valence-electron chi connectivity index (χ1n) is 9.19. The summed E-state index contributed by atoms with van der Waals surface area (Å²) in [5.74, 6) is 0.560. The maximum atomic E-state index is 12.1. The molecule has 2 aliphatic rings. The van der Waals surface area contributed by atoms with Crippen molar-refractivity contribution in [2.24, 2.45) is 5.92 Å². The lowest BCUT2D eigenvalue weighted by molar-refractivity contribution is -0.120. The van der Waals surface area contributed by atoms with E-state index in [1.165, 1.54) is 45.4 Å². The minimum Gasteiger partial charge on any atom is -0.354 e. The van der Waals surface area contributed by atoms with Gasteiger partial charge in [0.25, 0.3) is 0 Å². The van der Waals surface area contributed by atoms with Gasteiger partial charge in [0.2, 0.25) is 5.91 Å². The van der Waals surface area contributed by atoms with Crippen molar-refractivity contribution >= 4 is 15.7 Å². The molecule has 23 heavy (non-hydrogen) atoms. The zero-order valence-electron chi connectivity index (χ0n) is 14.6. The molecule has 0 unspecified atom stereocenters. The predicted molar refractivity (Wildman–Crippen MR) is 93.1 cm³/mol.